The number of fused-ring (bicyclic) bond motifs is 3. The van der Waals surface area contributed by atoms with Gasteiger partial charge in [0.05, 0.1) is 38.8 Å². The van der Waals surface area contributed by atoms with E-state index >= 15 is 0 Å². The summed E-state index contributed by atoms with van der Waals surface area (Å²) in [5.41, 5.74) is 2.11. The molecule has 2 heterocycles. The van der Waals surface area contributed by atoms with Crippen LogP contribution in [-0.4, -0.2) is 37.1 Å². The minimum atomic E-state index is -3.86. The first-order chi connectivity index (χ1) is 15.5. The zero-order valence-electron chi connectivity index (χ0n) is 17.1. The molecule has 0 amide bonds. The molecule has 0 bridgehead atoms. The molecule has 1 aliphatic rings. The van der Waals surface area contributed by atoms with E-state index in [0.717, 1.165) is 29.3 Å². The molecule has 0 spiro atoms. The van der Waals surface area contributed by atoms with Crippen molar-refractivity contribution in [2.24, 2.45) is 0 Å². The number of para-hydroxylation sites is 1. The van der Waals surface area contributed by atoms with Gasteiger partial charge in [0.1, 0.15) is 5.75 Å². The van der Waals surface area contributed by atoms with Gasteiger partial charge in [0.2, 0.25) is 16.9 Å². The Morgan fingerprint density at radius 3 is 2.66 bits per heavy atom. The molecule has 0 saturated heterocycles. The third-order valence-corrected chi connectivity index (χ3v) is 8.57. The lowest BCUT2D eigenvalue weighted by Gasteiger charge is -2.36. The van der Waals surface area contributed by atoms with Crippen LogP contribution in [-0.2, 0) is 10.0 Å². The van der Waals surface area contributed by atoms with E-state index in [-0.39, 0.29) is 16.7 Å². The minimum absolute atomic E-state index is 0.0460. The Morgan fingerprint density at radius 2 is 1.88 bits per heavy atom. The van der Waals surface area contributed by atoms with Crippen LogP contribution in [0, 0.1) is 0 Å². The Hall–Kier alpha value is -2.46. The number of thiophene rings is 1. The molecule has 168 valence electrons. The summed E-state index contributed by atoms with van der Waals surface area (Å²) in [6.07, 6.45) is 1.21. The number of nitrogens with zero attached hydrogens (tertiary/aromatic N) is 1. The maximum absolute atomic E-state index is 12.9. The number of rotatable bonds is 6. The average molecular weight is 475 g/mol. The fourth-order valence-electron chi connectivity index (χ4n) is 4.67. The maximum Gasteiger partial charge on any atom is 0.240 e. The SMILES string of the molecule is O=S(=O)(N[C@H]1CCC[C@@H](n2c3ccccc3c3sccc32)[C@@H]1O)c1ccc(OCF)cc1. The Kier molecular flexibility index (Phi) is 5.66. The highest BCUT2D eigenvalue weighted by molar-refractivity contribution is 7.89. The van der Waals surface area contributed by atoms with E-state index in [1.807, 2.05) is 23.6 Å². The van der Waals surface area contributed by atoms with Crippen LogP contribution < -0.4 is 9.46 Å². The molecule has 2 aromatic heterocycles. The van der Waals surface area contributed by atoms with Gasteiger partial charge in [0.25, 0.3) is 0 Å². The molecule has 1 aliphatic carbocycles. The van der Waals surface area contributed by atoms with Crippen LogP contribution in [0.2, 0.25) is 0 Å². The topological polar surface area (TPSA) is 80.6 Å². The Morgan fingerprint density at radius 1 is 1.09 bits per heavy atom. The Labute approximate surface area is 189 Å². The number of halogens is 1. The standard InChI is InChI=1S/C23H23FN2O4S2/c24-14-30-15-8-10-16(11-9-15)32(28,29)25-18-5-3-7-20(22(18)27)26-19-6-2-1-4-17(19)23-21(26)12-13-31-23/h1-2,4,6,8-13,18,20,22,25,27H,3,5,7,14H2/t18-,20+,22+/m0/s1. The van der Waals surface area contributed by atoms with Gasteiger partial charge < -0.3 is 14.4 Å². The van der Waals surface area contributed by atoms with Gasteiger partial charge in [0, 0.05) is 5.39 Å². The second-order valence-electron chi connectivity index (χ2n) is 7.96. The Balaban J connectivity index is 1.44. The number of hydrogen-bond acceptors (Lipinski definition) is 5. The normalized spacial score (nSPS) is 21.9. The fraction of sp³-hybridized carbons (Fsp3) is 0.304. The number of aliphatic hydroxyl groups excluding tert-OH is 1. The van der Waals surface area contributed by atoms with Gasteiger partial charge in [-0.1, -0.05) is 18.2 Å². The van der Waals surface area contributed by atoms with Crippen LogP contribution in [0.4, 0.5) is 4.39 Å². The van der Waals surface area contributed by atoms with Gasteiger partial charge in [-0.05, 0) is 61.0 Å². The minimum Gasteiger partial charge on any atom is -0.463 e. The maximum atomic E-state index is 12.9. The second-order valence-corrected chi connectivity index (χ2v) is 10.6. The number of alkyl halides is 1. The monoisotopic (exact) mass is 474 g/mol. The smallest absolute Gasteiger partial charge is 0.240 e. The number of sulfonamides is 1. The number of ether oxygens (including phenoxy) is 1. The number of nitrogens with one attached hydrogen (secondary N) is 1. The van der Waals surface area contributed by atoms with Gasteiger partial charge in [-0.2, -0.15) is 0 Å². The predicted molar refractivity (Wildman–Crippen MR) is 123 cm³/mol. The van der Waals surface area contributed by atoms with Gasteiger partial charge >= 0.3 is 0 Å². The van der Waals surface area contributed by atoms with Crippen molar-refractivity contribution in [1.82, 2.24) is 9.29 Å². The molecule has 0 aliphatic heterocycles. The fourth-order valence-corrected chi connectivity index (χ4v) is 6.87. The molecule has 0 unspecified atom stereocenters. The van der Waals surface area contributed by atoms with Gasteiger partial charge in [-0.15, -0.1) is 11.3 Å². The van der Waals surface area contributed by atoms with Crippen molar-refractivity contribution in [1.29, 1.82) is 0 Å². The molecular formula is C23H23FN2O4S2. The largest absolute Gasteiger partial charge is 0.463 e. The van der Waals surface area contributed by atoms with Gasteiger partial charge in [-0.25, -0.2) is 17.5 Å². The summed E-state index contributed by atoms with van der Waals surface area (Å²) >= 11 is 1.67. The molecule has 4 aromatic rings. The van der Waals surface area contributed by atoms with E-state index in [4.69, 9.17) is 4.74 Å². The van der Waals surface area contributed by atoms with Crippen molar-refractivity contribution in [3.05, 3.63) is 60.0 Å². The summed E-state index contributed by atoms with van der Waals surface area (Å²) in [6.45, 7) is -0.981. The summed E-state index contributed by atoms with van der Waals surface area (Å²) in [7, 11) is -3.86. The summed E-state index contributed by atoms with van der Waals surface area (Å²) in [5.74, 6) is 0.253. The van der Waals surface area contributed by atoms with E-state index in [1.165, 1.54) is 29.0 Å². The first-order valence-corrected chi connectivity index (χ1v) is 12.8. The van der Waals surface area contributed by atoms with E-state index in [0.29, 0.717) is 6.42 Å². The highest BCUT2D eigenvalue weighted by Crippen LogP contribution is 2.40. The summed E-state index contributed by atoms with van der Waals surface area (Å²) in [5, 5.41) is 14.5. The molecule has 2 N–H and O–H groups in total. The van der Waals surface area contributed by atoms with E-state index in [1.54, 1.807) is 11.3 Å². The van der Waals surface area contributed by atoms with E-state index < -0.39 is 29.0 Å². The Bertz CT molecular complexity index is 1350. The van der Waals surface area contributed by atoms with Crippen LogP contribution in [0.5, 0.6) is 5.75 Å². The van der Waals surface area contributed by atoms with Crippen molar-refractivity contribution >= 4 is 42.5 Å². The number of hydrogen-bond donors (Lipinski definition) is 2. The summed E-state index contributed by atoms with van der Waals surface area (Å²) in [4.78, 5) is 0.0460. The van der Waals surface area contributed by atoms with Crippen LogP contribution in [0.25, 0.3) is 21.1 Å². The van der Waals surface area contributed by atoms with Crippen LogP contribution in [0.15, 0.2) is 64.9 Å². The highest BCUT2D eigenvalue weighted by Gasteiger charge is 2.37. The van der Waals surface area contributed by atoms with E-state index in [9.17, 15) is 17.9 Å². The first kappa shape index (κ1) is 21.4. The number of aromatic nitrogens is 1. The molecule has 9 heteroatoms. The molecule has 3 atom stereocenters. The molecule has 2 aromatic carbocycles. The zero-order chi connectivity index (χ0) is 22.3. The summed E-state index contributed by atoms with van der Waals surface area (Å²) in [6, 6.07) is 14.9. The lowest BCUT2D eigenvalue weighted by atomic mass is 9.88. The quantitative estimate of drug-likeness (QED) is 0.428. The molecule has 1 saturated carbocycles. The third kappa shape index (κ3) is 3.69. The van der Waals surface area contributed by atoms with Gasteiger partial charge in [-0.3, -0.25) is 0 Å². The second kappa shape index (κ2) is 8.47. The van der Waals surface area contributed by atoms with Crippen molar-refractivity contribution < 1.29 is 22.7 Å². The molecule has 6 nitrogen and oxygen atoms in total. The van der Waals surface area contributed by atoms with Crippen LogP contribution >= 0.6 is 11.3 Å². The molecule has 1 fully saturated rings. The van der Waals surface area contributed by atoms with Crippen molar-refractivity contribution in [3.63, 3.8) is 0 Å². The van der Waals surface area contributed by atoms with Crippen LogP contribution in [0.1, 0.15) is 25.3 Å². The molecule has 0 radical (unpaired) electrons. The van der Waals surface area contributed by atoms with Crippen LogP contribution in [0.3, 0.4) is 0 Å². The molecule has 32 heavy (non-hydrogen) atoms. The van der Waals surface area contributed by atoms with Crippen molar-refractivity contribution in [3.8, 4) is 5.75 Å². The van der Waals surface area contributed by atoms with E-state index in [2.05, 4.69) is 21.4 Å². The lowest BCUT2D eigenvalue weighted by Crippen LogP contribution is -2.49. The first-order valence-electron chi connectivity index (χ1n) is 10.4. The number of benzene rings is 2. The summed E-state index contributed by atoms with van der Waals surface area (Å²) < 4.78 is 49.0. The highest BCUT2D eigenvalue weighted by atomic mass is 32.2. The molecular weight excluding hydrogens is 451 g/mol. The van der Waals surface area contributed by atoms with Gasteiger partial charge in [0.15, 0.2) is 0 Å². The van der Waals surface area contributed by atoms with Crippen molar-refractivity contribution in [2.75, 3.05) is 6.86 Å². The number of aliphatic hydroxyl groups is 1. The zero-order valence-corrected chi connectivity index (χ0v) is 18.8. The third-order valence-electron chi connectivity index (χ3n) is 6.13. The van der Waals surface area contributed by atoms with Crippen molar-refractivity contribution in [2.45, 2.75) is 42.3 Å². The lowest BCUT2D eigenvalue weighted by molar-refractivity contribution is 0.0547. The predicted octanol–water partition coefficient (Wildman–Crippen LogP) is 4.59. The average Bonchev–Trinajstić information content (AvgIpc) is 3.37. The molecule has 5 rings (SSSR count).